The highest BCUT2D eigenvalue weighted by Gasteiger charge is 2.59. The molecule has 2 saturated heterocycles. The van der Waals surface area contributed by atoms with Crippen molar-refractivity contribution in [3.63, 3.8) is 0 Å². The van der Waals surface area contributed by atoms with Crippen LogP contribution in [0.3, 0.4) is 0 Å². The molecule has 0 aliphatic carbocycles. The van der Waals surface area contributed by atoms with Crippen molar-refractivity contribution in [1.82, 2.24) is 4.90 Å². The Hall–Kier alpha value is -2.08. The van der Waals surface area contributed by atoms with Gasteiger partial charge in [-0.05, 0) is 36.8 Å². The van der Waals surface area contributed by atoms with Gasteiger partial charge in [0.2, 0.25) is 5.91 Å². The lowest BCUT2D eigenvalue weighted by molar-refractivity contribution is -0.142. The number of nitrogens with zero attached hydrogens (tertiary/aromatic N) is 2. The number of imide groups is 1. The zero-order valence-corrected chi connectivity index (χ0v) is 15.4. The number of hydrogen-bond acceptors (Lipinski definition) is 4. The van der Waals surface area contributed by atoms with Gasteiger partial charge in [0.1, 0.15) is 5.92 Å². The Morgan fingerprint density at radius 1 is 1.04 bits per heavy atom. The van der Waals surface area contributed by atoms with Crippen LogP contribution in [0.25, 0.3) is 0 Å². The summed E-state index contributed by atoms with van der Waals surface area (Å²) in [4.78, 5) is 32.7. The van der Waals surface area contributed by atoms with Crippen molar-refractivity contribution >= 4 is 40.7 Å². The molecule has 2 aromatic rings. The second-order valence-electron chi connectivity index (χ2n) is 6.24. The van der Waals surface area contributed by atoms with Gasteiger partial charge in [0.05, 0.1) is 11.7 Å². The number of anilines is 1. The Morgan fingerprint density at radius 3 is 2.42 bits per heavy atom. The van der Waals surface area contributed by atoms with Crippen LogP contribution in [0.4, 0.5) is 5.69 Å². The Bertz CT molecular complexity index is 874. The van der Waals surface area contributed by atoms with Crippen LogP contribution < -0.4 is 5.06 Å². The molecule has 0 spiro atoms. The van der Waals surface area contributed by atoms with Gasteiger partial charge in [-0.2, -0.15) is 0 Å². The van der Waals surface area contributed by atoms with Crippen molar-refractivity contribution in [3.05, 3.63) is 64.1 Å². The molecule has 2 aliphatic rings. The first kappa shape index (κ1) is 17.3. The molecule has 0 unspecified atom stereocenters. The smallest absolute Gasteiger partial charge is 0.261 e. The fraction of sp³-hybridized carbons (Fsp3) is 0.263. The van der Waals surface area contributed by atoms with Crippen molar-refractivity contribution in [1.29, 1.82) is 0 Å². The first-order valence-electron chi connectivity index (χ1n) is 8.34. The molecule has 2 amide bonds. The summed E-state index contributed by atoms with van der Waals surface area (Å²) in [5.74, 6) is -1.20. The van der Waals surface area contributed by atoms with E-state index in [4.69, 9.17) is 28.0 Å². The zero-order chi connectivity index (χ0) is 18.4. The minimum absolute atomic E-state index is 0.239. The van der Waals surface area contributed by atoms with E-state index in [9.17, 15) is 9.59 Å². The van der Waals surface area contributed by atoms with Crippen molar-refractivity contribution < 1.29 is 14.4 Å². The summed E-state index contributed by atoms with van der Waals surface area (Å²) in [5, 5.41) is 2.56. The van der Waals surface area contributed by atoms with E-state index in [0.29, 0.717) is 22.2 Å². The Labute approximate surface area is 161 Å². The standard InChI is InChI=1S/C19H16Cl2N2O3/c1-2-22-18(24)15-16(13-9-8-11(20)10-14(13)21)23(26-17(15)19(22)25)12-6-4-3-5-7-12/h3-10,15-17H,2H2,1H3/t15-,16+,17-/m0/s1. The van der Waals surface area contributed by atoms with Gasteiger partial charge in [-0.15, -0.1) is 0 Å². The molecule has 134 valence electrons. The molecule has 0 N–H and O–H groups in total. The fourth-order valence-corrected chi connectivity index (χ4v) is 4.16. The number of carbonyl (C=O) groups is 2. The van der Waals surface area contributed by atoms with E-state index < -0.39 is 18.1 Å². The SMILES string of the molecule is CCN1C(=O)[C@@H]2[C@H](ON(c3ccccc3)[C@@H]2c2ccc(Cl)cc2Cl)C1=O. The van der Waals surface area contributed by atoms with Crippen molar-refractivity contribution in [2.24, 2.45) is 5.92 Å². The third-order valence-corrected chi connectivity index (χ3v) is 5.38. The van der Waals surface area contributed by atoms with Crippen LogP contribution >= 0.6 is 23.2 Å². The third-order valence-electron chi connectivity index (χ3n) is 4.81. The molecule has 2 heterocycles. The number of para-hydroxylation sites is 1. The van der Waals surface area contributed by atoms with E-state index in [-0.39, 0.29) is 11.8 Å². The van der Waals surface area contributed by atoms with E-state index >= 15 is 0 Å². The maximum Gasteiger partial charge on any atom is 0.261 e. The van der Waals surface area contributed by atoms with Crippen LogP contribution in [0, 0.1) is 5.92 Å². The summed E-state index contributed by atoms with van der Waals surface area (Å²) in [6.07, 6.45) is -0.848. The van der Waals surface area contributed by atoms with Gasteiger partial charge in [0, 0.05) is 16.6 Å². The predicted octanol–water partition coefficient (Wildman–Crippen LogP) is 3.86. The maximum absolute atomic E-state index is 12.9. The second kappa shape index (κ2) is 6.58. The maximum atomic E-state index is 12.9. The van der Waals surface area contributed by atoms with Crippen LogP contribution in [0.1, 0.15) is 18.5 Å². The number of likely N-dealkylation sites (N-methyl/N-ethyl adjacent to an activating group) is 1. The molecule has 0 saturated carbocycles. The minimum Gasteiger partial charge on any atom is -0.280 e. The molecule has 2 aromatic carbocycles. The van der Waals surface area contributed by atoms with Crippen LogP contribution in [0.15, 0.2) is 48.5 Å². The summed E-state index contributed by atoms with van der Waals surface area (Å²) < 4.78 is 0. The monoisotopic (exact) mass is 390 g/mol. The highest BCUT2D eigenvalue weighted by Crippen LogP contribution is 2.48. The summed E-state index contributed by atoms with van der Waals surface area (Å²) in [5.41, 5.74) is 1.45. The Balaban J connectivity index is 1.84. The molecule has 2 aliphatic heterocycles. The molecule has 4 rings (SSSR count). The molecule has 0 aromatic heterocycles. The lowest BCUT2D eigenvalue weighted by atomic mass is 9.90. The van der Waals surface area contributed by atoms with Gasteiger partial charge >= 0.3 is 0 Å². The molecule has 2 fully saturated rings. The molecular weight excluding hydrogens is 375 g/mol. The second-order valence-corrected chi connectivity index (χ2v) is 7.09. The third kappa shape index (κ3) is 2.58. The highest BCUT2D eigenvalue weighted by molar-refractivity contribution is 6.35. The van der Waals surface area contributed by atoms with E-state index in [1.54, 1.807) is 30.2 Å². The van der Waals surface area contributed by atoms with E-state index in [1.165, 1.54) is 4.90 Å². The lowest BCUT2D eigenvalue weighted by Crippen LogP contribution is -2.37. The summed E-state index contributed by atoms with van der Waals surface area (Å²) >= 11 is 12.5. The number of amides is 2. The van der Waals surface area contributed by atoms with Crippen molar-refractivity contribution in [2.45, 2.75) is 19.1 Å². The van der Waals surface area contributed by atoms with Crippen LogP contribution in [0.2, 0.25) is 10.0 Å². The fourth-order valence-electron chi connectivity index (χ4n) is 3.64. The Kier molecular flexibility index (Phi) is 4.39. The number of rotatable bonds is 3. The van der Waals surface area contributed by atoms with E-state index in [2.05, 4.69) is 0 Å². The number of fused-ring (bicyclic) bond motifs is 1. The number of benzene rings is 2. The number of hydroxylamine groups is 1. The largest absolute Gasteiger partial charge is 0.280 e. The van der Waals surface area contributed by atoms with Gasteiger partial charge in [0.15, 0.2) is 6.10 Å². The quantitative estimate of drug-likeness (QED) is 0.746. The summed E-state index contributed by atoms with van der Waals surface area (Å²) in [6.45, 7) is 2.09. The molecule has 0 radical (unpaired) electrons. The molecule has 5 nitrogen and oxygen atoms in total. The summed E-state index contributed by atoms with van der Waals surface area (Å²) in [6, 6.07) is 14.0. The average molecular weight is 391 g/mol. The topological polar surface area (TPSA) is 49.9 Å². The molecule has 7 heteroatoms. The minimum atomic E-state index is -0.848. The Morgan fingerprint density at radius 2 is 1.77 bits per heavy atom. The molecule has 0 bridgehead atoms. The molecular formula is C19H16Cl2N2O3. The average Bonchev–Trinajstić information content (AvgIpc) is 3.12. The predicted molar refractivity (Wildman–Crippen MR) is 98.9 cm³/mol. The zero-order valence-electron chi connectivity index (χ0n) is 13.9. The van der Waals surface area contributed by atoms with Gasteiger partial charge in [-0.1, -0.05) is 47.5 Å². The van der Waals surface area contributed by atoms with Gasteiger partial charge in [-0.25, -0.2) is 5.06 Å². The highest BCUT2D eigenvalue weighted by atomic mass is 35.5. The first-order chi connectivity index (χ1) is 12.5. The lowest BCUT2D eigenvalue weighted by Gasteiger charge is -2.29. The van der Waals surface area contributed by atoms with Crippen molar-refractivity contribution in [3.8, 4) is 0 Å². The first-order valence-corrected chi connectivity index (χ1v) is 9.09. The van der Waals surface area contributed by atoms with E-state index in [0.717, 1.165) is 5.69 Å². The number of hydrogen-bond donors (Lipinski definition) is 0. The number of halogens is 2. The van der Waals surface area contributed by atoms with E-state index in [1.807, 2.05) is 30.3 Å². The number of carbonyl (C=O) groups excluding carboxylic acids is 2. The molecule has 26 heavy (non-hydrogen) atoms. The van der Waals surface area contributed by atoms with Crippen LogP contribution in [-0.4, -0.2) is 29.4 Å². The van der Waals surface area contributed by atoms with Crippen molar-refractivity contribution in [2.75, 3.05) is 11.6 Å². The molecule has 3 atom stereocenters. The van der Waals surface area contributed by atoms with Gasteiger partial charge < -0.3 is 0 Å². The van der Waals surface area contributed by atoms with Gasteiger partial charge in [-0.3, -0.25) is 19.3 Å². The normalized spacial score (nSPS) is 25.1. The number of likely N-dealkylation sites (tertiary alicyclic amines) is 1. The van der Waals surface area contributed by atoms with Crippen LogP contribution in [0.5, 0.6) is 0 Å². The van der Waals surface area contributed by atoms with Gasteiger partial charge in [0.25, 0.3) is 5.91 Å². The van der Waals surface area contributed by atoms with Crippen LogP contribution in [-0.2, 0) is 14.4 Å². The summed E-state index contributed by atoms with van der Waals surface area (Å²) in [7, 11) is 0.